The second-order valence-corrected chi connectivity index (χ2v) is 22.0. The van der Waals surface area contributed by atoms with Crippen molar-refractivity contribution in [2.75, 3.05) is 49.4 Å². The number of hydrogen-bond acceptors (Lipinski definition) is 15. The Morgan fingerprint density at radius 2 is 0.694 bits per heavy atom. The number of nitrogens with one attached hydrogen (secondary N) is 2. The van der Waals surface area contributed by atoms with Gasteiger partial charge in [-0.05, 0) is 215 Å². The molecule has 0 aliphatic heterocycles. The van der Waals surface area contributed by atoms with Gasteiger partial charge in [0.2, 0.25) is 29.5 Å². The van der Waals surface area contributed by atoms with Crippen LogP contribution in [0.5, 0.6) is 0 Å². The molecule has 0 unspecified atom stereocenters. The minimum atomic E-state index is -1.19. The summed E-state index contributed by atoms with van der Waals surface area (Å²) < 4.78 is 16.2. The van der Waals surface area contributed by atoms with Gasteiger partial charge in [-0.15, -0.1) is 0 Å². The predicted molar refractivity (Wildman–Crippen MR) is 370 cm³/mol. The molecule has 0 spiro atoms. The van der Waals surface area contributed by atoms with Crippen LogP contribution in [-0.2, 0) is 57.5 Å². The average molecular weight is 1340 g/mol. The fourth-order valence-electron chi connectivity index (χ4n) is 10.4. The monoisotopic (exact) mass is 1340 g/mol. The highest BCUT2D eigenvalue weighted by Gasteiger charge is 2.21. The Bertz CT molecular complexity index is 4320. The van der Waals surface area contributed by atoms with Crippen LogP contribution >= 0.6 is 0 Å². The molecular formula is C73H79N9O16. The molecule has 5 amide bonds. The molecule has 0 saturated heterocycles. The smallest absolute Gasteiger partial charge is 0.329 e. The maximum atomic E-state index is 11.9. The van der Waals surface area contributed by atoms with Crippen LogP contribution in [0.2, 0.25) is 0 Å². The molecule has 3 aromatic heterocycles. The topological polar surface area (TPSA) is 416 Å². The van der Waals surface area contributed by atoms with E-state index in [1.54, 1.807) is 80.6 Å². The van der Waals surface area contributed by atoms with Crippen LogP contribution in [0.25, 0.3) is 50.8 Å². The first kappa shape index (κ1) is 75.1. The van der Waals surface area contributed by atoms with Crippen LogP contribution in [-0.4, -0.2) is 126 Å². The van der Waals surface area contributed by atoms with E-state index >= 15 is 0 Å². The van der Waals surface area contributed by atoms with Gasteiger partial charge in [0.05, 0.1) is 49.6 Å². The van der Waals surface area contributed by atoms with E-state index in [1.165, 1.54) is 0 Å². The number of amides is 5. The lowest BCUT2D eigenvalue weighted by Gasteiger charge is -2.17. The molecule has 0 aliphatic carbocycles. The molecule has 0 fully saturated rings. The number of rotatable bonds is 25. The zero-order valence-electron chi connectivity index (χ0n) is 54.7. The van der Waals surface area contributed by atoms with E-state index in [4.69, 9.17) is 62.7 Å². The van der Waals surface area contributed by atoms with Crippen molar-refractivity contribution < 1.29 is 78.2 Å². The van der Waals surface area contributed by atoms with Gasteiger partial charge in [0, 0.05) is 67.9 Å². The van der Waals surface area contributed by atoms with Crippen molar-refractivity contribution in [2.24, 2.45) is 17.2 Å². The number of anilines is 3. The quantitative estimate of drug-likeness (QED) is 0.0190. The molecule has 0 atom stereocenters. The molecular weight excluding hydrogens is 1260 g/mol. The summed E-state index contributed by atoms with van der Waals surface area (Å²) in [5.74, 6) is -5.05. The van der Waals surface area contributed by atoms with Gasteiger partial charge < -0.3 is 82.3 Å². The van der Waals surface area contributed by atoms with E-state index in [2.05, 4.69) is 15.2 Å². The summed E-state index contributed by atoms with van der Waals surface area (Å²) in [6, 6.07) is 49.4. The number of aliphatic hydroxyl groups is 3. The molecule has 15 N–H and O–H groups in total. The van der Waals surface area contributed by atoms with Crippen molar-refractivity contribution in [2.45, 2.75) is 73.1 Å². The highest BCUT2D eigenvalue weighted by atomic mass is 16.5. The van der Waals surface area contributed by atoms with Crippen molar-refractivity contribution in [3.8, 4) is 50.8 Å². The lowest BCUT2D eigenvalue weighted by molar-refractivity contribution is -0.144. The zero-order valence-corrected chi connectivity index (χ0v) is 54.7. The first-order valence-corrected chi connectivity index (χ1v) is 30.9. The number of benzene rings is 6. The molecule has 512 valence electrons. The van der Waals surface area contributed by atoms with Gasteiger partial charge in [-0.1, -0.05) is 36.4 Å². The number of nitrogens with two attached hydrogens (primary N) is 4. The number of carbonyl (C=O) groups is 9. The maximum absolute atomic E-state index is 11.9. The van der Waals surface area contributed by atoms with Gasteiger partial charge >= 0.3 is 23.9 Å². The SMILES string of the molecule is CCOC(=O)CCc1ccc(-c2ccc(N)cc2)n1-c1ccc(C(N)=O)cc1C.CCOC(=O)CCc1ccc(-c2ccc(NC(=O)CO)cc2)n1-c1ccc(C(N)=O)cc1C.Cc1cc(C(N)=O)ccc1-n1c(CCC(=O)O)ccc1-c1ccc(NC(=O)CO)cc1.O=C(O)CO. The third-order valence-corrected chi connectivity index (χ3v) is 15.0. The average Bonchev–Trinajstić information content (AvgIpc) is 1.60. The molecule has 98 heavy (non-hydrogen) atoms. The number of aryl methyl sites for hydroxylation is 6. The molecule has 6 aromatic carbocycles. The fourth-order valence-corrected chi connectivity index (χ4v) is 10.4. The Labute approximate surface area is 564 Å². The van der Waals surface area contributed by atoms with Crippen LogP contribution in [0.1, 0.15) is 98.0 Å². The van der Waals surface area contributed by atoms with E-state index < -0.39 is 61.3 Å². The molecule has 25 nitrogen and oxygen atoms in total. The van der Waals surface area contributed by atoms with Crippen LogP contribution in [0.4, 0.5) is 17.1 Å². The first-order chi connectivity index (χ1) is 46.8. The number of carbonyl (C=O) groups excluding carboxylic acids is 7. The van der Waals surface area contributed by atoms with E-state index in [0.29, 0.717) is 66.2 Å². The van der Waals surface area contributed by atoms with Crippen molar-refractivity contribution in [1.82, 2.24) is 13.7 Å². The third-order valence-electron chi connectivity index (χ3n) is 15.0. The minimum Gasteiger partial charge on any atom is -0.481 e. The van der Waals surface area contributed by atoms with Crippen molar-refractivity contribution in [1.29, 1.82) is 0 Å². The van der Waals surface area contributed by atoms with Crippen LogP contribution in [0.3, 0.4) is 0 Å². The van der Waals surface area contributed by atoms with Gasteiger partial charge in [-0.3, -0.25) is 38.4 Å². The summed E-state index contributed by atoms with van der Waals surface area (Å²) in [5.41, 5.74) is 38.4. The van der Waals surface area contributed by atoms with Gasteiger partial charge in [0.25, 0.3) is 0 Å². The van der Waals surface area contributed by atoms with Gasteiger partial charge in [0.1, 0.15) is 19.8 Å². The number of hydrogen-bond donors (Lipinski definition) is 11. The summed E-state index contributed by atoms with van der Waals surface area (Å²) in [5, 5.41) is 47.1. The van der Waals surface area contributed by atoms with Crippen molar-refractivity contribution in [3.05, 3.63) is 214 Å². The Balaban J connectivity index is 0.000000224. The summed E-state index contributed by atoms with van der Waals surface area (Å²) in [6.07, 6.45) is 1.84. The number of esters is 2. The Hall–Kier alpha value is -11.9. The van der Waals surface area contributed by atoms with E-state index in [0.717, 1.165) is 84.6 Å². The number of nitrogens with zero attached hydrogens (tertiary/aromatic N) is 3. The van der Waals surface area contributed by atoms with Crippen LogP contribution in [0.15, 0.2) is 164 Å². The van der Waals surface area contributed by atoms with Crippen LogP contribution in [0, 0.1) is 20.8 Å². The number of nitrogen functional groups attached to an aromatic ring is 1. The Morgan fingerprint density at radius 1 is 0.398 bits per heavy atom. The number of aromatic nitrogens is 3. The summed E-state index contributed by atoms with van der Waals surface area (Å²) in [6.45, 7) is 7.99. The van der Waals surface area contributed by atoms with Crippen LogP contribution < -0.4 is 33.6 Å². The van der Waals surface area contributed by atoms with Crippen molar-refractivity contribution >= 4 is 70.5 Å². The van der Waals surface area contributed by atoms with E-state index in [1.807, 2.05) is 127 Å². The summed E-state index contributed by atoms with van der Waals surface area (Å²) >= 11 is 0. The predicted octanol–water partition coefficient (Wildman–Crippen LogP) is 8.17. The zero-order chi connectivity index (χ0) is 71.8. The molecule has 3 heterocycles. The number of aliphatic hydroxyl groups excluding tert-OH is 3. The molecule has 0 saturated carbocycles. The second kappa shape index (κ2) is 36.1. The highest BCUT2D eigenvalue weighted by molar-refractivity contribution is 5.95. The minimum absolute atomic E-state index is 0.0198. The van der Waals surface area contributed by atoms with E-state index in [-0.39, 0.29) is 31.2 Å². The third kappa shape index (κ3) is 20.8. The fraction of sp³-hybridized carbons (Fsp3) is 0.219. The molecule has 0 aliphatic rings. The van der Waals surface area contributed by atoms with Crippen molar-refractivity contribution in [3.63, 3.8) is 0 Å². The summed E-state index contributed by atoms with van der Waals surface area (Å²) in [4.78, 5) is 101. The summed E-state index contributed by atoms with van der Waals surface area (Å²) in [7, 11) is 0. The number of ether oxygens (including phenoxy) is 2. The standard InChI is InChI=1S/C25H27N3O5.C23H23N3O5.C23H25N3O3.C2H4O3/c1-3-33-24(31)13-10-20-9-12-22(17-4-7-19(8-5-17)27-23(30)15-29)28(20)21-11-6-18(25(26)32)14-16(21)2;1-14-12-16(23(24)31)4-9-19(14)26-18(8-11-22(29)30)7-10-20(26)15-2-5-17(6-3-15)25-21(28)13-27;1-3-29-22(27)13-10-19-9-12-21(16-4-7-18(24)8-5-16)26(19)20-11-6-17(23(25)28)14-15(20)2;3-1-2(4)5/h4-9,11-12,14,29H,3,10,13,15H2,1-2H3,(H2,26,32)(H,27,30);2-7,9-10,12,27H,8,11,13H2,1H3,(H2,24,31)(H,25,28)(H,29,30);4-9,11-12,14H,3,10,13,24H2,1-2H3,(H2,25,28);3H,1H2,(H,4,5). The number of carboxylic acid groups (broad SMARTS) is 2. The van der Waals surface area contributed by atoms with Gasteiger partial charge in [-0.25, -0.2) is 4.79 Å². The molecule has 9 rings (SSSR count). The Morgan fingerprint density at radius 3 is 0.949 bits per heavy atom. The largest absolute Gasteiger partial charge is 0.481 e. The molecule has 25 heteroatoms. The normalized spacial score (nSPS) is 10.5. The highest BCUT2D eigenvalue weighted by Crippen LogP contribution is 2.34. The number of carboxylic acids is 2. The van der Waals surface area contributed by atoms with E-state index in [9.17, 15) is 38.4 Å². The van der Waals surface area contributed by atoms with Gasteiger partial charge in [0.15, 0.2) is 0 Å². The first-order valence-electron chi connectivity index (χ1n) is 30.9. The lowest BCUT2D eigenvalue weighted by Crippen LogP contribution is -2.15. The molecule has 0 bridgehead atoms. The maximum Gasteiger partial charge on any atom is 0.329 e. The van der Waals surface area contributed by atoms with Gasteiger partial charge in [-0.2, -0.15) is 0 Å². The number of aliphatic carboxylic acids is 2. The number of primary amides is 3. The Kier molecular flexibility index (Phi) is 27.7. The molecule has 0 radical (unpaired) electrons. The lowest BCUT2D eigenvalue weighted by atomic mass is 10.1. The molecule has 9 aromatic rings. The second-order valence-electron chi connectivity index (χ2n) is 22.0.